The number of nitrogens with two attached hydrogens (primary N) is 1. The van der Waals surface area contributed by atoms with Crippen molar-refractivity contribution in [2.24, 2.45) is 11.7 Å². The van der Waals surface area contributed by atoms with Crippen molar-refractivity contribution in [2.75, 3.05) is 6.26 Å². The summed E-state index contributed by atoms with van der Waals surface area (Å²) in [6, 6.07) is 6.23. The number of ether oxygens (including phenoxy) is 1. The van der Waals surface area contributed by atoms with Gasteiger partial charge in [-0.25, -0.2) is 0 Å². The van der Waals surface area contributed by atoms with Crippen molar-refractivity contribution in [3.63, 3.8) is 0 Å². The fourth-order valence-corrected chi connectivity index (χ4v) is 3.22. The van der Waals surface area contributed by atoms with Gasteiger partial charge in [-0.3, -0.25) is 0 Å². The van der Waals surface area contributed by atoms with Crippen molar-refractivity contribution >= 4 is 11.8 Å². The summed E-state index contributed by atoms with van der Waals surface area (Å²) in [5.41, 5.74) is 7.02. The average Bonchev–Trinajstić information content (AvgIpc) is 2.41. The van der Waals surface area contributed by atoms with Gasteiger partial charge in [0, 0.05) is 17.0 Å². The third kappa shape index (κ3) is 3.21. The summed E-state index contributed by atoms with van der Waals surface area (Å²) >= 11 is 1.74. The quantitative estimate of drug-likeness (QED) is 0.840. The molecule has 2 N–H and O–H groups in total. The lowest BCUT2D eigenvalue weighted by atomic mass is 9.89. The minimum Gasteiger partial charge on any atom is -0.490 e. The molecule has 0 radical (unpaired) electrons. The first-order chi connectivity index (χ1) is 8.74. The summed E-state index contributed by atoms with van der Waals surface area (Å²) in [5, 5.41) is 0. The van der Waals surface area contributed by atoms with Crippen molar-refractivity contribution < 1.29 is 4.74 Å². The number of hydrogen-bond donors (Lipinski definition) is 1. The van der Waals surface area contributed by atoms with Crippen molar-refractivity contribution in [1.82, 2.24) is 0 Å². The Bertz CT molecular complexity index is 386. The molecular formula is C15H23NOS. The fraction of sp³-hybridized carbons (Fsp3) is 0.600. The highest BCUT2D eigenvalue weighted by Gasteiger charge is 2.20. The molecule has 0 amide bonds. The molecule has 1 saturated carbocycles. The zero-order valence-electron chi connectivity index (χ0n) is 11.3. The van der Waals surface area contributed by atoms with E-state index >= 15 is 0 Å². The van der Waals surface area contributed by atoms with Crippen LogP contribution in [0.15, 0.2) is 23.1 Å². The zero-order chi connectivity index (χ0) is 13.0. The number of thioether (sulfide) groups is 1. The van der Waals surface area contributed by atoms with Crippen molar-refractivity contribution in [3.8, 4) is 5.75 Å². The lowest BCUT2D eigenvalue weighted by Crippen LogP contribution is -2.23. The minimum atomic E-state index is 0.378. The molecule has 0 saturated heterocycles. The van der Waals surface area contributed by atoms with E-state index < -0.39 is 0 Å². The van der Waals surface area contributed by atoms with Gasteiger partial charge in [-0.15, -0.1) is 11.8 Å². The first-order valence-electron chi connectivity index (χ1n) is 6.77. The molecule has 0 heterocycles. The molecule has 2 rings (SSSR count). The van der Waals surface area contributed by atoms with E-state index in [1.54, 1.807) is 11.8 Å². The summed E-state index contributed by atoms with van der Waals surface area (Å²) in [6.45, 7) is 2.88. The van der Waals surface area contributed by atoms with Gasteiger partial charge in [0.25, 0.3) is 0 Å². The van der Waals surface area contributed by atoms with Gasteiger partial charge < -0.3 is 10.5 Å². The van der Waals surface area contributed by atoms with Crippen LogP contribution in [-0.2, 0) is 6.54 Å². The number of benzene rings is 1. The molecule has 100 valence electrons. The lowest BCUT2D eigenvalue weighted by molar-refractivity contribution is 0.134. The van der Waals surface area contributed by atoms with Gasteiger partial charge in [0.2, 0.25) is 0 Å². The van der Waals surface area contributed by atoms with E-state index in [-0.39, 0.29) is 0 Å². The second-order valence-electron chi connectivity index (χ2n) is 5.14. The summed E-state index contributed by atoms with van der Waals surface area (Å²) in [6.07, 6.45) is 7.38. The zero-order valence-corrected chi connectivity index (χ0v) is 12.1. The van der Waals surface area contributed by atoms with Gasteiger partial charge in [-0.1, -0.05) is 13.0 Å². The molecular weight excluding hydrogens is 242 g/mol. The van der Waals surface area contributed by atoms with Crippen LogP contribution in [0.25, 0.3) is 0 Å². The topological polar surface area (TPSA) is 35.2 Å². The fourth-order valence-electron chi connectivity index (χ4n) is 2.58. The average molecular weight is 265 g/mol. The molecule has 3 heteroatoms. The van der Waals surface area contributed by atoms with Gasteiger partial charge in [0.1, 0.15) is 5.75 Å². The maximum atomic E-state index is 6.17. The maximum absolute atomic E-state index is 6.17. The van der Waals surface area contributed by atoms with Crippen LogP contribution in [0.4, 0.5) is 0 Å². The standard InChI is InChI=1S/C15H23NOS/c1-11-6-8-12(9-7-11)17-14-4-3-5-15(18-2)13(14)10-16/h3-5,11-12H,6-10,16H2,1-2H3. The van der Waals surface area contributed by atoms with E-state index in [2.05, 4.69) is 31.4 Å². The number of rotatable bonds is 4. The Hall–Kier alpha value is -0.670. The lowest BCUT2D eigenvalue weighted by Gasteiger charge is -2.28. The van der Waals surface area contributed by atoms with Crippen LogP contribution in [0.5, 0.6) is 5.75 Å². The van der Waals surface area contributed by atoms with E-state index in [0.29, 0.717) is 12.6 Å². The van der Waals surface area contributed by atoms with Crippen LogP contribution in [-0.4, -0.2) is 12.4 Å². The Kier molecular flexibility index (Phi) is 4.95. The SMILES string of the molecule is CSc1cccc(OC2CCC(C)CC2)c1CN. The Balaban J connectivity index is 2.09. The normalized spacial score (nSPS) is 23.9. The van der Waals surface area contributed by atoms with Gasteiger partial charge in [0.15, 0.2) is 0 Å². The molecule has 0 unspecified atom stereocenters. The summed E-state index contributed by atoms with van der Waals surface area (Å²) < 4.78 is 6.17. The predicted octanol–water partition coefficient (Wildman–Crippen LogP) is 3.82. The van der Waals surface area contributed by atoms with Crippen LogP contribution in [0.2, 0.25) is 0 Å². The van der Waals surface area contributed by atoms with Crippen LogP contribution >= 0.6 is 11.8 Å². The van der Waals surface area contributed by atoms with Crippen molar-refractivity contribution in [1.29, 1.82) is 0 Å². The highest BCUT2D eigenvalue weighted by molar-refractivity contribution is 7.98. The molecule has 1 aliphatic rings. The number of hydrogen-bond acceptors (Lipinski definition) is 3. The monoisotopic (exact) mass is 265 g/mol. The van der Waals surface area contributed by atoms with Crippen LogP contribution in [0.1, 0.15) is 38.2 Å². The van der Waals surface area contributed by atoms with Crippen LogP contribution < -0.4 is 10.5 Å². The molecule has 0 aromatic heterocycles. The van der Waals surface area contributed by atoms with Crippen molar-refractivity contribution in [2.45, 2.75) is 50.2 Å². The molecule has 1 aromatic carbocycles. The minimum absolute atomic E-state index is 0.378. The molecule has 0 bridgehead atoms. The third-order valence-electron chi connectivity index (χ3n) is 3.77. The Morgan fingerprint density at radius 2 is 2.00 bits per heavy atom. The maximum Gasteiger partial charge on any atom is 0.125 e. The van der Waals surface area contributed by atoms with Crippen LogP contribution in [0, 0.1) is 5.92 Å². The van der Waals surface area contributed by atoms with Gasteiger partial charge in [-0.05, 0) is 50.0 Å². The molecule has 0 atom stereocenters. The molecule has 0 spiro atoms. The van der Waals surface area contributed by atoms with Crippen molar-refractivity contribution in [3.05, 3.63) is 23.8 Å². The van der Waals surface area contributed by atoms with Gasteiger partial charge >= 0.3 is 0 Å². The highest BCUT2D eigenvalue weighted by atomic mass is 32.2. The second kappa shape index (κ2) is 6.48. The van der Waals surface area contributed by atoms with E-state index in [0.717, 1.165) is 17.2 Å². The molecule has 1 aromatic rings. The largest absolute Gasteiger partial charge is 0.490 e. The predicted molar refractivity (Wildman–Crippen MR) is 78.2 cm³/mol. The molecule has 1 aliphatic carbocycles. The summed E-state index contributed by atoms with van der Waals surface area (Å²) in [5.74, 6) is 1.85. The molecule has 2 nitrogen and oxygen atoms in total. The van der Waals surface area contributed by atoms with Crippen LogP contribution in [0.3, 0.4) is 0 Å². The third-order valence-corrected chi connectivity index (χ3v) is 4.59. The van der Waals surface area contributed by atoms with E-state index in [1.807, 2.05) is 0 Å². The smallest absolute Gasteiger partial charge is 0.125 e. The Morgan fingerprint density at radius 3 is 2.61 bits per heavy atom. The molecule has 18 heavy (non-hydrogen) atoms. The molecule has 1 fully saturated rings. The molecule has 0 aliphatic heterocycles. The van der Waals surface area contributed by atoms with Gasteiger partial charge in [0.05, 0.1) is 6.10 Å². The first-order valence-corrected chi connectivity index (χ1v) is 7.99. The first kappa shape index (κ1) is 13.8. The van der Waals surface area contributed by atoms with Gasteiger partial charge in [-0.2, -0.15) is 0 Å². The Labute approximate surface area is 114 Å². The van der Waals surface area contributed by atoms with E-state index in [9.17, 15) is 0 Å². The highest BCUT2D eigenvalue weighted by Crippen LogP contribution is 2.32. The summed E-state index contributed by atoms with van der Waals surface area (Å²) in [7, 11) is 0. The van der Waals surface area contributed by atoms with E-state index in [4.69, 9.17) is 10.5 Å². The second-order valence-corrected chi connectivity index (χ2v) is 5.99. The van der Waals surface area contributed by atoms with E-state index in [1.165, 1.54) is 30.6 Å². The summed E-state index contributed by atoms with van der Waals surface area (Å²) in [4.78, 5) is 1.24. The Morgan fingerprint density at radius 1 is 1.28 bits per heavy atom.